The van der Waals surface area contributed by atoms with Crippen molar-refractivity contribution in [3.8, 4) is 0 Å². The molecule has 116 valence electrons. The highest BCUT2D eigenvalue weighted by molar-refractivity contribution is 8.26. The molecule has 0 N–H and O–H groups in total. The fourth-order valence-corrected chi connectivity index (χ4v) is 3.56. The van der Waals surface area contributed by atoms with E-state index in [1.54, 1.807) is 17.2 Å². The minimum Gasteiger partial charge on any atom is -0.467 e. The number of carbonyl (C=O) groups is 1. The van der Waals surface area contributed by atoms with Gasteiger partial charge in [0.25, 0.3) is 5.91 Å². The fourth-order valence-electron chi connectivity index (χ4n) is 2.26. The normalized spacial score (nSPS) is 17.3. The standard InChI is InChI=1S/C18H15NO2S2/c1-13(10-14-6-3-2-4-7-14)11-16-17(20)19(18(22)23-16)12-15-8-5-9-21-15/h2-11H,12H2,1H3/b13-10+,16-11-. The average molecular weight is 341 g/mol. The third-order valence-corrected chi connectivity index (χ3v) is 4.70. The van der Waals surface area contributed by atoms with Crippen LogP contribution < -0.4 is 0 Å². The number of amides is 1. The highest BCUT2D eigenvalue weighted by Crippen LogP contribution is 2.33. The van der Waals surface area contributed by atoms with Gasteiger partial charge >= 0.3 is 0 Å². The molecule has 2 aromatic rings. The largest absolute Gasteiger partial charge is 0.467 e. The van der Waals surface area contributed by atoms with E-state index in [0.29, 0.717) is 15.8 Å². The lowest BCUT2D eigenvalue weighted by Crippen LogP contribution is -2.27. The summed E-state index contributed by atoms with van der Waals surface area (Å²) in [7, 11) is 0. The summed E-state index contributed by atoms with van der Waals surface area (Å²) in [6, 6.07) is 13.6. The fraction of sp³-hybridized carbons (Fsp3) is 0.111. The van der Waals surface area contributed by atoms with Crippen LogP contribution in [-0.4, -0.2) is 15.1 Å². The smallest absolute Gasteiger partial charge is 0.266 e. The van der Waals surface area contributed by atoms with Crippen LogP contribution in [-0.2, 0) is 11.3 Å². The topological polar surface area (TPSA) is 33.5 Å². The monoisotopic (exact) mass is 341 g/mol. The van der Waals surface area contributed by atoms with Crippen LogP contribution >= 0.6 is 24.0 Å². The molecule has 3 rings (SSSR count). The van der Waals surface area contributed by atoms with Crippen LogP contribution in [0.4, 0.5) is 0 Å². The SMILES string of the molecule is CC(/C=C1\SC(=S)N(Cc2ccco2)C1=O)=C\c1ccccc1. The van der Waals surface area contributed by atoms with Gasteiger partial charge < -0.3 is 4.42 Å². The molecular weight excluding hydrogens is 326 g/mol. The number of hydrogen-bond donors (Lipinski definition) is 0. The molecule has 2 heterocycles. The lowest BCUT2D eigenvalue weighted by molar-refractivity contribution is -0.122. The van der Waals surface area contributed by atoms with Crippen LogP contribution in [0, 0.1) is 0 Å². The van der Waals surface area contributed by atoms with Crippen molar-refractivity contribution in [1.29, 1.82) is 0 Å². The molecule has 1 aliphatic rings. The summed E-state index contributed by atoms with van der Waals surface area (Å²) in [5.41, 5.74) is 2.11. The molecule has 0 spiro atoms. The van der Waals surface area contributed by atoms with Crippen molar-refractivity contribution in [2.45, 2.75) is 13.5 Å². The molecule has 1 fully saturated rings. The van der Waals surface area contributed by atoms with E-state index in [1.807, 2.05) is 55.5 Å². The van der Waals surface area contributed by atoms with Gasteiger partial charge in [-0.1, -0.05) is 60.4 Å². The summed E-state index contributed by atoms with van der Waals surface area (Å²) in [6.07, 6.45) is 5.52. The number of hydrogen-bond acceptors (Lipinski definition) is 4. The molecule has 0 bridgehead atoms. The van der Waals surface area contributed by atoms with E-state index in [0.717, 1.165) is 16.9 Å². The maximum Gasteiger partial charge on any atom is 0.266 e. The van der Waals surface area contributed by atoms with Crippen molar-refractivity contribution in [2.75, 3.05) is 0 Å². The number of furan rings is 1. The second-order valence-corrected chi connectivity index (χ2v) is 6.82. The predicted molar refractivity (Wildman–Crippen MR) is 97.6 cm³/mol. The maximum absolute atomic E-state index is 12.5. The van der Waals surface area contributed by atoms with Gasteiger partial charge in [-0.25, -0.2) is 0 Å². The first-order valence-corrected chi connectivity index (χ1v) is 8.37. The number of benzene rings is 1. The number of thiocarbonyl (C=S) groups is 1. The minimum absolute atomic E-state index is 0.0720. The highest BCUT2D eigenvalue weighted by Gasteiger charge is 2.32. The summed E-state index contributed by atoms with van der Waals surface area (Å²) < 4.78 is 5.85. The molecule has 1 saturated heterocycles. The highest BCUT2D eigenvalue weighted by atomic mass is 32.2. The van der Waals surface area contributed by atoms with Crippen molar-refractivity contribution in [2.24, 2.45) is 0 Å². The average Bonchev–Trinajstić information content (AvgIpc) is 3.13. The first-order chi connectivity index (χ1) is 11.1. The van der Waals surface area contributed by atoms with E-state index in [1.165, 1.54) is 11.8 Å². The maximum atomic E-state index is 12.5. The lowest BCUT2D eigenvalue weighted by Gasteiger charge is -2.11. The Kier molecular flexibility index (Phi) is 4.79. The van der Waals surface area contributed by atoms with Gasteiger partial charge in [-0.05, 0) is 36.3 Å². The van der Waals surface area contributed by atoms with Gasteiger partial charge in [0.2, 0.25) is 0 Å². The van der Waals surface area contributed by atoms with Crippen LogP contribution in [0.25, 0.3) is 6.08 Å². The summed E-state index contributed by atoms with van der Waals surface area (Å²) >= 11 is 6.65. The zero-order valence-electron chi connectivity index (χ0n) is 12.6. The van der Waals surface area contributed by atoms with Gasteiger partial charge in [0.05, 0.1) is 17.7 Å². The van der Waals surface area contributed by atoms with E-state index in [2.05, 4.69) is 0 Å². The van der Waals surface area contributed by atoms with E-state index in [-0.39, 0.29) is 5.91 Å². The Labute approximate surface area is 144 Å². The van der Waals surface area contributed by atoms with Crippen LogP contribution in [0.15, 0.2) is 69.7 Å². The minimum atomic E-state index is -0.0720. The van der Waals surface area contributed by atoms with Crippen molar-refractivity contribution in [3.05, 3.63) is 76.6 Å². The Bertz CT molecular complexity index is 777. The molecule has 1 aromatic carbocycles. The molecule has 1 amide bonds. The zero-order valence-corrected chi connectivity index (χ0v) is 14.2. The number of thioether (sulfide) groups is 1. The van der Waals surface area contributed by atoms with E-state index in [9.17, 15) is 4.79 Å². The summed E-state index contributed by atoms with van der Waals surface area (Å²) in [6.45, 7) is 2.35. The van der Waals surface area contributed by atoms with Gasteiger partial charge in [-0.2, -0.15) is 0 Å². The molecule has 0 radical (unpaired) electrons. The Morgan fingerprint density at radius 2 is 2.04 bits per heavy atom. The number of nitrogens with zero attached hydrogens (tertiary/aromatic N) is 1. The van der Waals surface area contributed by atoms with Gasteiger partial charge in [-0.15, -0.1) is 0 Å². The van der Waals surface area contributed by atoms with Gasteiger partial charge in [-0.3, -0.25) is 9.69 Å². The third kappa shape index (κ3) is 3.81. The van der Waals surface area contributed by atoms with Crippen molar-refractivity contribution < 1.29 is 9.21 Å². The lowest BCUT2D eigenvalue weighted by atomic mass is 10.1. The van der Waals surface area contributed by atoms with E-state index >= 15 is 0 Å². The Hall–Kier alpha value is -2.11. The predicted octanol–water partition coefficient (Wildman–Crippen LogP) is 4.63. The molecule has 0 atom stereocenters. The summed E-state index contributed by atoms with van der Waals surface area (Å²) in [5, 5.41) is 0. The summed E-state index contributed by atoms with van der Waals surface area (Å²) in [5.74, 6) is 0.649. The molecule has 0 unspecified atom stereocenters. The molecule has 1 aliphatic heterocycles. The molecule has 5 heteroatoms. The second-order valence-electron chi connectivity index (χ2n) is 5.15. The molecule has 3 nitrogen and oxygen atoms in total. The molecule has 0 aliphatic carbocycles. The van der Waals surface area contributed by atoms with Crippen LogP contribution in [0.5, 0.6) is 0 Å². The second kappa shape index (κ2) is 6.98. The van der Waals surface area contributed by atoms with E-state index in [4.69, 9.17) is 16.6 Å². The molecule has 23 heavy (non-hydrogen) atoms. The number of rotatable bonds is 4. The molecule has 0 saturated carbocycles. The summed E-state index contributed by atoms with van der Waals surface area (Å²) in [4.78, 5) is 14.7. The zero-order chi connectivity index (χ0) is 16.2. The van der Waals surface area contributed by atoms with Gasteiger partial charge in [0.15, 0.2) is 0 Å². The van der Waals surface area contributed by atoms with E-state index < -0.39 is 0 Å². The first kappa shape index (κ1) is 15.8. The van der Waals surface area contributed by atoms with Crippen molar-refractivity contribution >= 4 is 40.3 Å². The Morgan fingerprint density at radius 3 is 2.74 bits per heavy atom. The molecular formula is C18H15NO2S2. The van der Waals surface area contributed by atoms with Crippen LogP contribution in [0.3, 0.4) is 0 Å². The first-order valence-electron chi connectivity index (χ1n) is 7.14. The Balaban J connectivity index is 1.77. The van der Waals surface area contributed by atoms with Crippen molar-refractivity contribution in [1.82, 2.24) is 4.90 Å². The van der Waals surface area contributed by atoms with Crippen LogP contribution in [0.1, 0.15) is 18.2 Å². The number of allylic oxidation sites excluding steroid dienone is 2. The Morgan fingerprint density at radius 1 is 1.26 bits per heavy atom. The van der Waals surface area contributed by atoms with Gasteiger partial charge in [0, 0.05) is 0 Å². The molecule has 1 aromatic heterocycles. The number of carbonyl (C=O) groups excluding carboxylic acids is 1. The van der Waals surface area contributed by atoms with Crippen molar-refractivity contribution in [3.63, 3.8) is 0 Å². The third-order valence-electron chi connectivity index (χ3n) is 3.32. The quantitative estimate of drug-likeness (QED) is 0.600. The van der Waals surface area contributed by atoms with Crippen LogP contribution in [0.2, 0.25) is 0 Å². The van der Waals surface area contributed by atoms with Gasteiger partial charge in [0.1, 0.15) is 10.1 Å².